The highest BCUT2D eigenvalue weighted by Gasteiger charge is 2.32. The average Bonchev–Trinajstić information content (AvgIpc) is 2.45. The van der Waals surface area contributed by atoms with Crippen molar-refractivity contribution in [3.8, 4) is 0 Å². The zero-order valence-electron chi connectivity index (χ0n) is 12.2. The predicted octanol–water partition coefficient (Wildman–Crippen LogP) is 1.88. The summed E-state index contributed by atoms with van der Waals surface area (Å²) in [6.45, 7) is 4.90. The second-order valence-electron chi connectivity index (χ2n) is 5.18. The minimum atomic E-state index is -4.12. The Morgan fingerprint density at radius 1 is 1.19 bits per heavy atom. The molecular weight excluding hydrogens is 281 g/mol. The Bertz CT molecular complexity index is 425. The van der Waals surface area contributed by atoms with Crippen LogP contribution >= 0.6 is 0 Å². The minimum Gasteiger partial charge on any atom is -0.354 e. The third-order valence-electron chi connectivity index (χ3n) is 3.49. The number of aromatic nitrogens is 1. The van der Waals surface area contributed by atoms with Gasteiger partial charge in [-0.2, -0.15) is 13.2 Å². The first kappa shape index (κ1) is 16.0. The molecule has 0 aromatic carbocycles. The topological polar surface area (TPSA) is 31.4 Å². The molecule has 7 heteroatoms. The van der Waals surface area contributed by atoms with E-state index in [4.69, 9.17) is 0 Å². The Morgan fingerprint density at radius 3 is 2.43 bits per heavy atom. The summed E-state index contributed by atoms with van der Waals surface area (Å²) in [5.41, 5.74) is 1.11. The number of rotatable bonds is 5. The second kappa shape index (κ2) is 7.09. The van der Waals surface area contributed by atoms with E-state index < -0.39 is 12.7 Å². The molecule has 0 amide bonds. The number of hydrogen-bond acceptors (Lipinski definition) is 4. The van der Waals surface area contributed by atoms with E-state index in [1.54, 1.807) is 0 Å². The predicted molar refractivity (Wildman–Crippen MR) is 76.3 cm³/mol. The fourth-order valence-electron chi connectivity index (χ4n) is 2.37. The van der Waals surface area contributed by atoms with Crippen LogP contribution in [0.1, 0.15) is 12.5 Å². The molecule has 1 N–H and O–H groups in total. The van der Waals surface area contributed by atoms with Crippen LogP contribution in [0.2, 0.25) is 0 Å². The maximum atomic E-state index is 12.3. The maximum Gasteiger partial charge on any atom is 0.401 e. The van der Waals surface area contributed by atoms with Crippen LogP contribution in [0.25, 0.3) is 0 Å². The van der Waals surface area contributed by atoms with E-state index in [2.05, 4.69) is 10.3 Å². The van der Waals surface area contributed by atoms with Crippen LogP contribution < -0.4 is 10.2 Å². The first-order valence-electron chi connectivity index (χ1n) is 7.17. The van der Waals surface area contributed by atoms with E-state index in [0.717, 1.165) is 24.5 Å². The van der Waals surface area contributed by atoms with Crippen molar-refractivity contribution in [1.82, 2.24) is 15.2 Å². The Morgan fingerprint density at radius 2 is 1.90 bits per heavy atom. The molecule has 0 aliphatic carbocycles. The lowest BCUT2D eigenvalue weighted by Crippen LogP contribution is -2.49. The lowest BCUT2D eigenvalue weighted by molar-refractivity contribution is -0.146. The van der Waals surface area contributed by atoms with Crippen LogP contribution in [-0.4, -0.2) is 55.3 Å². The van der Waals surface area contributed by atoms with Crippen molar-refractivity contribution in [2.24, 2.45) is 0 Å². The molecule has 1 aromatic rings. The highest BCUT2D eigenvalue weighted by Crippen LogP contribution is 2.19. The van der Waals surface area contributed by atoms with Gasteiger partial charge in [-0.15, -0.1) is 0 Å². The van der Waals surface area contributed by atoms with Gasteiger partial charge in [-0.3, -0.25) is 4.90 Å². The van der Waals surface area contributed by atoms with Crippen LogP contribution in [-0.2, 0) is 6.54 Å². The molecule has 4 nitrogen and oxygen atoms in total. The molecule has 1 saturated heterocycles. The Hall–Kier alpha value is -1.34. The molecule has 1 aromatic heterocycles. The number of nitrogens with zero attached hydrogens (tertiary/aromatic N) is 3. The van der Waals surface area contributed by atoms with Gasteiger partial charge in [0, 0.05) is 38.9 Å². The number of alkyl halides is 3. The molecule has 1 fully saturated rings. The number of pyridine rings is 1. The molecule has 118 valence electrons. The van der Waals surface area contributed by atoms with Gasteiger partial charge in [-0.25, -0.2) is 4.98 Å². The first-order chi connectivity index (χ1) is 9.98. The summed E-state index contributed by atoms with van der Waals surface area (Å²) < 4.78 is 37.0. The molecule has 0 radical (unpaired) electrons. The van der Waals surface area contributed by atoms with E-state index >= 15 is 0 Å². The van der Waals surface area contributed by atoms with E-state index in [9.17, 15) is 13.2 Å². The molecule has 1 aliphatic rings. The smallest absolute Gasteiger partial charge is 0.354 e. The van der Waals surface area contributed by atoms with Crippen molar-refractivity contribution in [2.45, 2.75) is 19.6 Å². The minimum absolute atomic E-state index is 0.417. The fraction of sp³-hybridized carbons (Fsp3) is 0.643. The third-order valence-corrected chi connectivity index (χ3v) is 3.49. The number of hydrogen-bond donors (Lipinski definition) is 1. The Labute approximate surface area is 122 Å². The largest absolute Gasteiger partial charge is 0.401 e. The highest BCUT2D eigenvalue weighted by molar-refractivity contribution is 5.39. The van der Waals surface area contributed by atoms with Gasteiger partial charge in [-0.05, 0) is 18.2 Å². The second-order valence-corrected chi connectivity index (χ2v) is 5.18. The molecular formula is C14H21F3N4. The first-order valence-corrected chi connectivity index (χ1v) is 7.17. The lowest BCUT2D eigenvalue weighted by Gasteiger charge is -2.35. The van der Waals surface area contributed by atoms with Crippen molar-refractivity contribution < 1.29 is 13.2 Å². The molecule has 21 heavy (non-hydrogen) atoms. The Kier molecular flexibility index (Phi) is 5.41. The van der Waals surface area contributed by atoms with Crippen LogP contribution in [0, 0.1) is 0 Å². The summed E-state index contributed by atoms with van der Waals surface area (Å²) in [7, 11) is 0. The fourth-order valence-corrected chi connectivity index (χ4v) is 2.37. The summed E-state index contributed by atoms with van der Waals surface area (Å²) in [4.78, 5) is 7.87. The van der Waals surface area contributed by atoms with Gasteiger partial charge in [0.25, 0.3) is 0 Å². The normalized spacial score (nSPS) is 17.2. The zero-order chi connectivity index (χ0) is 15.3. The zero-order valence-corrected chi connectivity index (χ0v) is 12.2. The summed E-state index contributed by atoms with van der Waals surface area (Å²) >= 11 is 0. The van der Waals surface area contributed by atoms with Gasteiger partial charge < -0.3 is 10.2 Å². The van der Waals surface area contributed by atoms with Gasteiger partial charge in [0.05, 0.1) is 6.54 Å². The average molecular weight is 302 g/mol. The molecule has 0 atom stereocenters. The number of halogens is 3. The third kappa shape index (κ3) is 5.17. The van der Waals surface area contributed by atoms with Crippen molar-refractivity contribution >= 4 is 5.82 Å². The van der Waals surface area contributed by atoms with Gasteiger partial charge in [0.1, 0.15) is 5.82 Å². The van der Waals surface area contributed by atoms with Crippen LogP contribution in [0.15, 0.2) is 18.3 Å². The quantitative estimate of drug-likeness (QED) is 0.900. The standard InChI is InChI=1S/C14H21F3N4/c1-2-18-9-12-3-4-13(19-10-12)21-7-5-20(6-8-21)11-14(15,16)17/h3-4,10,18H,2,5-9,11H2,1H3. The van der Waals surface area contributed by atoms with Gasteiger partial charge in [0.2, 0.25) is 0 Å². The summed E-state index contributed by atoms with van der Waals surface area (Å²) in [6.07, 6.45) is -2.30. The van der Waals surface area contributed by atoms with Crippen LogP contribution in [0.3, 0.4) is 0 Å². The number of anilines is 1. The summed E-state index contributed by atoms with van der Waals surface area (Å²) in [5.74, 6) is 0.835. The summed E-state index contributed by atoms with van der Waals surface area (Å²) in [6, 6.07) is 3.94. The maximum absolute atomic E-state index is 12.3. The van der Waals surface area contributed by atoms with Gasteiger partial charge in [0.15, 0.2) is 0 Å². The molecule has 2 rings (SSSR count). The number of piperazine rings is 1. The SMILES string of the molecule is CCNCc1ccc(N2CCN(CC(F)(F)F)CC2)nc1. The van der Waals surface area contributed by atoms with Gasteiger partial charge >= 0.3 is 6.18 Å². The Balaban J connectivity index is 1.84. The number of nitrogens with one attached hydrogen (secondary N) is 1. The van der Waals surface area contributed by atoms with Crippen molar-refractivity contribution in [1.29, 1.82) is 0 Å². The van der Waals surface area contributed by atoms with Crippen LogP contribution in [0.4, 0.5) is 19.0 Å². The van der Waals surface area contributed by atoms with Crippen molar-refractivity contribution in [3.63, 3.8) is 0 Å². The molecule has 0 saturated carbocycles. The van der Waals surface area contributed by atoms with Crippen molar-refractivity contribution in [2.75, 3.05) is 44.2 Å². The molecule has 0 bridgehead atoms. The van der Waals surface area contributed by atoms with Crippen molar-refractivity contribution in [3.05, 3.63) is 23.9 Å². The van der Waals surface area contributed by atoms with E-state index in [0.29, 0.717) is 26.2 Å². The van der Waals surface area contributed by atoms with E-state index in [1.165, 1.54) is 4.90 Å². The molecule has 0 spiro atoms. The van der Waals surface area contributed by atoms with Crippen LogP contribution in [0.5, 0.6) is 0 Å². The monoisotopic (exact) mass is 302 g/mol. The molecule has 2 heterocycles. The highest BCUT2D eigenvalue weighted by atomic mass is 19.4. The van der Waals surface area contributed by atoms with E-state index in [1.807, 2.05) is 30.2 Å². The molecule has 1 aliphatic heterocycles. The summed E-state index contributed by atoms with van der Waals surface area (Å²) in [5, 5.41) is 3.22. The lowest BCUT2D eigenvalue weighted by atomic mass is 10.2. The van der Waals surface area contributed by atoms with E-state index in [-0.39, 0.29) is 0 Å². The van der Waals surface area contributed by atoms with Gasteiger partial charge in [-0.1, -0.05) is 13.0 Å². The molecule has 0 unspecified atom stereocenters.